The summed E-state index contributed by atoms with van der Waals surface area (Å²) in [5.74, 6) is 1.03. The molecule has 0 spiro atoms. The van der Waals surface area contributed by atoms with Gasteiger partial charge in [-0.3, -0.25) is 4.79 Å². The monoisotopic (exact) mass is 154 g/mol. The zero-order chi connectivity index (χ0) is 8.10. The maximum absolute atomic E-state index is 10.3. The second-order valence-electron chi connectivity index (χ2n) is 3.39. The van der Waals surface area contributed by atoms with Gasteiger partial charge in [-0.2, -0.15) is 0 Å². The molecule has 2 nitrogen and oxygen atoms in total. The molecule has 0 bridgehead atoms. The molecule has 1 saturated carbocycles. The molecule has 1 N–H and O–H groups in total. The highest BCUT2D eigenvalue weighted by molar-refractivity contribution is 5.54. The zero-order valence-corrected chi connectivity index (χ0v) is 7.10. The van der Waals surface area contributed by atoms with Crippen molar-refractivity contribution in [1.29, 1.82) is 0 Å². The van der Waals surface area contributed by atoms with Gasteiger partial charge in [0, 0.05) is 5.92 Å². The van der Waals surface area contributed by atoms with Crippen molar-refractivity contribution in [3.8, 4) is 0 Å². The summed E-state index contributed by atoms with van der Waals surface area (Å²) >= 11 is 0. The van der Waals surface area contributed by atoms with E-state index < -0.39 is 0 Å². The lowest BCUT2D eigenvalue weighted by atomic mass is 9.83. The Balaban J connectivity index is 2.18. The molecule has 1 fully saturated rings. The number of carbonyl (C=O) groups excluding carboxylic acids is 1. The first-order valence-electron chi connectivity index (χ1n) is 4.39. The van der Waals surface area contributed by atoms with E-state index in [0.29, 0.717) is 0 Å². The summed E-state index contributed by atoms with van der Waals surface area (Å²) in [5, 5.41) is 3.17. The molecule has 0 amide bonds. The summed E-state index contributed by atoms with van der Waals surface area (Å²) < 4.78 is 0. The standard InChI is InChI=1S/C9H16NO/c1-10-6-8-2-4-9(7-11)5-3-8/h8-10H,2-6H2,1H3/t8-,9-. The maximum Gasteiger partial charge on any atom is 0.201 e. The van der Waals surface area contributed by atoms with Crippen molar-refractivity contribution in [2.75, 3.05) is 13.6 Å². The smallest absolute Gasteiger partial charge is 0.201 e. The predicted octanol–water partition coefficient (Wildman–Crippen LogP) is 1.12. The molecule has 1 rings (SSSR count). The molecule has 0 aromatic heterocycles. The van der Waals surface area contributed by atoms with Crippen LogP contribution in [0.4, 0.5) is 0 Å². The van der Waals surface area contributed by atoms with Gasteiger partial charge in [0.25, 0.3) is 0 Å². The highest BCUT2D eigenvalue weighted by atomic mass is 16.1. The van der Waals surface area contributed by atoms with Crippen LogP contribution in [-0.4, -0.2) is 19.9 Å². The first kappa shape index (κ1) is 8.72. The fraction of sp³-hybridized carbons (Fsp3) is 0.889. The predicted molar refractivity (Wildman–Crippen MR) is 45.1 cm³/mol. The molecule has 11 heavy (non-hydrogen) atoms. The second kappa shape index (κ2) is 4.50. The van der Waals surface area contributed by atoms with Crippen molar-refractivity contribution in [2.24, 2.45) is 11.8 Å². The van der Waals surface area contributed by atoms with E-state index in [1.165, 1.54) is 12.8 Å². The van der Waals surface area contributed by atoms with Gasteiger partial charge in [-0.1, -0.05) is 0 Å². The zero-order valence-electron chi connectivity index (χ0n) is 7.10. The SMILES string of the molecule is CNC[C@H]1CC[C@H]([C]=O)CC1. The lowest BCUT2D eigenvalue weighted by molar-refractivity contribution is 0.310. The normalized spacial score (nSPS) is 31.7. The van der Waals surface area contributed by atoms with Crippen LogP contribution in [0, 0.1) is 11.8 Å². The fourth-order valence-corrected chi connectivity index (χ4v) is 1.77. The molecule has 0 heterocycles. The molecular weight excluding hydrogens is 138 g/mol. The van der Waals surface area contributed by atoms with Crippen molar-refractivity contribution in [1.82, 2.24) is 5.32 Å². The third-order valence-corrected chi connectivity index (χ3v) is 2.51. The van der Waals surface area contributed by atoms with Crippen LogP contribution in [0.2, 0.25) is 0 Å². The van der Waals surface area contributed by atoms with Crippen LogP contribution in [0.1, 0.15) is 25.7 Å². The van der Waals surface area contributed by atoms with Gasteiger partial charge in [0.05, 0.1) is 0 Å². The first-order chi connectivity index (χ1) is 5.36. The molecule has 0 aliphatic heterocycles. The van der Waals surface area contributed by atoms with Crippen LogP contribution >= 0.6 is 0 Å². The summed E-state index contributed by atoms with van der Waals surface area (Å²) in [5.41, 5.74) is 0. The van der Waals surface area contributed by atoms with Crippen molar-refractivity contribution < 1.29 is 4.79 Å². The lowest BCUT2D eigenvalue weighted by Gasteiger charge is -2.24. The van der Waals surface area contributed by atoms with E-state index in [4.69, 9.17) is 0 Å². The second-order valence-corrected chi connectivity index (χ2v) is 3.39. The molecule has 0 saturated heterocycles. The van der Waals surface area contributed by atoms with E-state index in [1.54, 1.807) is 0 Å². The summed E-state index contributed by atoms with van der Waals surface area (Å²) in [6, 6.07) is 0. The Morgan fingerprint density at radius 1 is 1.36 bits per heavy atom. The Morgan fingerprint density at radius 2 is 2.00 bits per heavy atom. The average Bonchev–Trinajstić information content (AvgIpc) is 2.07. The molecule has 1 radical (unpaired) electrons. The van der Waals surface area contributed by atoms with Crippen molar-refractivity contribution in [3.05, 3.63) is 0 Å². The van der Waals surface area contributed by atoms with Gasteiger partial charge in [0.15, 0.2) is 0 Å². The van der Waals surface area contributed by atoms with Gasteiger partial charge in [0.1, 0.15) is 0 Å². The number of nitrogens with one attached hydrogen (secondary N) is 1. The molecular formula is C9H16NO. The third-order valence-electron chi connectivity index (χ3n) is 2.51. The van der Waals surface area contributed by atoms with Gasteiger partial charge in [-0.15, -0.1) is 0 Å². The van der Waals surface area contributed by atoms with E-state index in [-0.39, 0.29) is 5.92 Å². The summed E-state index contributed by atoms with van der Waals surface area (Å²) in [7, 11) is 1.98. The van der Waals surface area contributed by atoms with E-state index in [0.717, 1.165) is 25.3 Å². The highest BCUT2D eigenvalue weighted by Gasteiger charge is 2.20. The van der Waals surface area contributed by atoms with E-state index >= 15 is 0 Å². The van der Waals surface area contributed by atoms with Gasteiger partial charge >= 0.3 is 0 Å². The molecule has 0 aromatic rings. The molecule has 0 aromatic carbocycles. The first-order valence-corrected chi connectivity index (χ1v) is 4.39. The fourth-order valence-electron chi connectivity index (χ4n) is 1.77. The van der Waals surface area contributed by atoms with Gasteiger partial charge in [-0.25, -0.2) is 0 Å². The summed E-state index contributed by atoms with van der Waals surface area (Å²) in [4.78, 5) is 10.3. The van der Waals surface area contributed by atoms with Gasteiger partial charge < -0.3 is 5.32 Å². The minimum Gasteiger partial charge on any atom is -0.319 e. The van der Waals surface area contributed by atoms with Crippen LogP contribution in [0.5, 0.6) is 0 Å². The third kappa shape index (κ3) is 2.62. The largest absolute Gasteiger partial charge is 0.319 e. The highest BCUT2D eigenvalue weighted by Crippen LogP contribution is 2.26. The van der Waals surface area contributed by atoms with E-state index in [2.05, 4.69) is 11.6 Å². The Bertz CT molecular complexity index is 117. The van der Waals surface area contributed by atoms with Crippen molar-refractivity contribution in [3.63, 3.8) is 0 Å². The molecule has 0 atom stereocenters. The van der Waals surface area contributed by atoms with Crippen molar-refractivity contribution >= 4 is 6.29 Å². The number of rotatable bonds is 3. The van der Waals surface area contributed by atoms with E-state index in [1.807, 2.05) is 7.05 Å². The quantitative estimate of drug-likeness (QED) is 0.660. The maximum atomic E-state index is 10.3. The average molecular weight is 154 g/mol. The Labute approximate surface area is 68.4 Å². The minimum absolute atomic E-state index is 0.239. The molecule has 63 valence electrons. The van der Waals surface area contributed by atoms with Crippen LogP contribution in [0.3, 0.4) is 0 Å². The van der Waals surface area contributed by atoms with Crippen LogP contribution < -0.4 is 5.32 Å². The Kier molecular flexibility index (Phi) is 3.57. The van der Waals surface area contributed by atoms with Crippen LogP contribution in [0.25, 0.3) is 0 Å². The minimum atomic E-state index is 0.239. The summed E-state index contributed by atoms with van der Waals surface area (Å²) in [6.07, 6.45) is 6.59. The number of hydrogen-bond acceptors (Lipinski definition) is 2. The topological polar surface area (TPSA) is 29.1 Å². The molecule has 2 heteroatoms. The summed E-state index contributed by atoms with van der Waals surface area (Å²) in [6.45, 7) is 1.10. The van der Waals surface area contributed by atoms with Gasteiger partial charge in [0.2, 0.25) is 6.29 Å². The van der Waals surface area contributed by atoms with Crippen LogP contribution in [0.15, 0.2) is 0 Å². The van der Waals surface area contributed by atoms with Crippen molar-refractivity contribution in [2.45, 2.75) is 25.7 Å². The van der Waals surface area contributed by atoms with E-state index in [9.17, 15) is 4.79 Å². The van der Waals surface area contributed by atoms with Gasteiger partial charge in [-0.05, 0) is 45.2 Å². The Morgan fingerprint density at radius 3 is 2.45 bits per heavy atom. The Hall–Kier alpha value is -0.370. The number of hydrogen-bond donors (Lipinski definition) is 1. The lowest BCUT2D eigenvalue weighted by Crippen LogP contribution is -2.24. The molecule has 1 aliphatic carbocycles. The molecule has 1 aliphatic rings. The molecule has 0 unspecified atom stereocenters. The van der Waals surface area contributed by atoms with Crippen LogP contribution in [-0.2, 0) is 4.79 Å².